The lowest BCUT2D eigenvalue weighted by Crippen LogP contribution is -2.34. The first-order valence-electron chi connectivity index (χ1n) is 6.69. The summed E-state index contributed by atoms with van der Waals surface area (Å²) < 4.78 is 0.997. The van der Waals surface area contributed by atoms with Gasteiger partial charge >= 0.3 is 0 Å². The van der Waals surface area contributed by atoms with E-state index in [-0.39, 0.29) is 0 Å². The average molecular weight is 342 g/mol. The van der Waals surface area contributed by atoms with Crippen LogP contribution >= 0.6 is 28.1 Å². The average Bonchev–Trinajstić information content (AvgIpc) is 2.84. The van der Waals surface area contributed by atoms with Crippen LogP contribution in [0.4, 0.5) is 5.69 Å². The molecule has 1 aliphatic heterocycles. The lowest BCUT2D eigenvalue weighted by Gasteiger charge is -2.24. The third kappa shape index (κ3) is 3.68. The highest BCUT2D eigenvalue weighted by molar-refractivity contribution is 9.10. The molecule has 0 spiro atoms. The summed E-state index contributed by atoms with van der Waals surface area (Å²) in [6.45, 7) is 5.50. The molecule has 5 heteroatoms. The number of benzene rings is 1. The molecule has 0 aromatic heterocycles. The third-order valence-corrected chi connectivity index (χ3v) is 4.39. The first-order valence-corrected chi connectivity index (χ1v) is 7.89. The maximum absolute atomic E-state index is 5.78. The van der Waals surface area contributed by atoms with Crippen LogP contribution in [-0.4, -0.2) is 35.6 Å². The molecule has 104 valence electrons. The molecule has 0 saturated carbocycles. The van der Waals surface area contributed by atoms with Gasteiger partial charge in [0.25, 0.3) is 0 Å². The zero-order valence-electron chi connectivity index (χ0n) is 11.2. The summed E-state index contributed by atoms with van der Waals surface area (Å²) in [6, 6.07) is 6.63. The van der Waals surface area contributed by atoms with Gasteiger partial charge in [0, 0.05) is 28.3 Å². The lowest BCUT2D eigenvalue weighted by atomic mass is 10.1. The van der Waals surface area contributed by atoms with Crippen molar-refractivity contribution < 1.29 is 0 Å². The van der Waals surface area contributed by atoms with Gasteiger partial charge in [-0.25, -0.2) is 0 Å². The molecule has 3 nitrogen and oxygen atoms in total. The highest BCUT2D eigenvalue weighted by Gasteiger charge is 2.22. The topological polar surface area (TPSA) is 41.3 Å². The fourth-order valence-electron chi connectivity index (χ4n) is 2.64. The minimum atomic E-state index is 0.433. The summed E-state index contributed by atoms with van der Waals surface area (Å²) >= 11 is 8.56. The molecular formula is C14H20BrN3S. The van der Waals surface area contributed by atoms with Crippen molar-refractivity contribution in [2.45, 2.75) is 25.8 Å². The molecule has 1 aliphatic rings. The number of rotatable bonds is 5. The van der Waals surface area contributed by atoms with Crippen molar-refractivity contribution in [3.63, 3.8) is 0 Å². The van der Waals surface area contributed by atoms with Crippen LogP contribution in [0.25, 0.3) is 0 Å². The highest BCUT2D eigenvalue weighted by Crippen LogP contribution is 2.23. The second-order valence-corrected chi connectivity index (χ2v) is 6.22. The summed E-state index contributed by atoms with van der Waals surface area (Å²) in [6.07, 6.45) is 2.56. The van der Waals surface area contributed by atoms with Gasteiger partial charge in [0.2, 0.25) is 0 Å². The van der Waals surface area contributed by atoms with Crippen LogP contribution < -0.4 is 11.1 Å². The molecule has 0 aliphatic carbocycles. The number of nitrogens with one attached hydrogen (secondary N) is 1. The predicted octanol–water partition coefficient (Wildman–Crippen LogP) is 2.98. The van der Waals surface area contributed by atoms with Crippen LogP contribution in [0.15, 0.2) is 22.7 Å². The van der Waals surface area contributed by atoms with E-state index in [1.54, 1.807) is 0 Å². The molecule has 1 fully saturated rings. The molecule has 2 rings (SSSR count). The number of thiocarbonyl (C=S) groups is 1. The number of anilines is 1. The van der Waals surface area contributed by atoms with Gasteiger partial charge in [-0.15, -0.1) is 0 Å². The molecule has 0 amide bonds. The first kappa shape index (κ1) is 14.8. The van der Waals surface area contributed by atoms with Gasteiger partial charge in [-0.05, 0) is 44.1 Å². The number of hydrogen-bond donors (Lipinski definition) is 2. The number of likely N-dealkylation sites (N-methyl/N-ethyl adjacent to an activating group) is 1. The van der Waals surface area contributed by atoms with Crippen molar-refractivity contribution in [1.82, 2.24) is 4.90 Å². The number of likely N-dealkylation sites (tertiary alicyclic amines) is 1. The molecular weight excluding hydrogens is 322 g/mol. The van der Waals surface area contributed by atoms with E-state index in [0.717, 1.165) is 28.8 Å². The van der Waals surface area contributed by atoms with Gasteiger partial charge in [-0.3, -0.25) is 4.90 Å². The van der Waals surface area contributed by atoms with Crippen molar-refractivity contribution >= 4 is 38.8 Å². The Bertz CT molecular complexity index is 464. The van der Waals surface area contributed by atoms with E-state index >= 15 is 0 Å². The summed E-state index contributed by atoms with van der Waals surface area (Å²) in [5.41, 5.74) is 7.72. The van der Waals surface area contributed by atoms with Gasteiger partial charge in [0.05, 0.1) is 0 Å². The van der Waals surface area contributed by atoms with E-state index in [9.17, 15) is 0 Å². The van der Waals surface area contributed by atoms with Crippen LogP contribution in [0.2, 0.25) is 0 Å². The quantitative estimate of drug-likeness (QED) is 0.808. The smallest absolute Gasteiger partial charge is 0.106 e. The van der Waals surface area contributed by atoms with Crippen LogP contribution in [-0.2, 0) is 0 Å². The van der Waals surface area contributed by atoms with Crippen LogP contribution in [0, 0.1) is 0 Å². The Morgan fingerprint density at radius 2 is 2.37 bits per heavy atom. The maximum Gasteiger partial charge on any atom is 0.106 e. The molecule has 0 radical (unpaired) electrons. The Kier molecular flexibility index (Phi) is 5.19. The zero-order valence-corrected chi connectivity index (χ0v) is 13.6. The van der Waals surface area contributed by atoms with E-state index in [1.165, 1.54) is 19.4 Å². The van der Waals surface area contributed by atoms with Crippen molar-refractivity contribution in [2.24, 2.45) is 5.73 Å². The van der Waals surface area contributed by atoms with E-state index < -0.39 is 0 Å². The van der Waals surface area contributed by atoms with Crippen LogP contribution in [0.3, 0.4) is 0 Å². The molecule has 19 heavy (non-hydrogen) atoms. The molecule has 3 N–H and O–H groups in total. The van der Waals surface area contributed by atoms with Crippen LogP contribution in [0.5, 0.6) is 0 Å². The molecule has 1 unspecified atom stereocenters. The van der Waals surface area contributed by atoms with Crippen molar-refractivity contribution in [1.29, 1.82) is 0 Å². The normalized spacial score (nSPS) is 19.6. The summed E-state index contributed by atoms with van der Waals surface area (Å²) in [4.78, 5) is 2.95. The Hall–Kier alpha value is -0.650. The van der Waals surface area contributed by atoms with Crippen molar-refractivity contribution in [3.8, 4) is 0 Å². The Morgan fingerprint density at radius 3 is 3.05 bits per heavy atom. The number of nitrogens with zero attached hydrogens (tertiary/aromatic N) is 1. The number of nitrogens with two attached hydrogens (primary N) is 1. The van der Waals surface area contributed by atoms with Gasteiger partial charge in [0.1, 0.15) is 4.99 Å². The fraction of sp³-hybridized carbons (Fsp3) is 0.500. The molecule has 1 heterocycles. The zero-order chi connectivity index (χ0) is 13.8. The third-order valence-electron chi connectivity index (χ3n) is 3.68. The van der Waals surface area contributed by atoms with Gasteiger partial charge in [-0.1, -0.05) is 35.1 Å². The lowest BCUT2D eigenvalue weighted by molar-refractivity contribution is 0.277. The van der Waals surface area contributed by atoms with Gasteiger partial charge in [0.15, 0.2) is 0 Å². The molecule has 1 atom stereocenters. The van der Waals surface area contributed by atoms with Crippen molar-refractivity contribution in [3.05, 3.63) is 28.2 Å². The number of halogens is 1. The molecule has 1 aromatic rings. The summed E-state index contributed by atoms with van der Waals surface area (Å²) in [5, 5.41) is 3.50. The predicted molar refractivity (Wildman–Crippen MR) is 88.8 cm³/mol. The first-order chi connectivity index (χ1) is 9.11. The minimum absolute atomic E-state index is 0.433. The Morgan fingerprint density at radius 1 is 1.58 bits per heavy atom. The molecule has 1 saturated heterocycles. The monoisotopic (exact) mass is 341 g/mol. The highest BCUT2D eigenvalue weighted by atomic mass is 79.9. The van der Waals surface area contributed by atoms with E-state index in [0.29, 0.717) is 11.0 Å². The standard InChI is InChI=1S/C14H20BrN3S/c1-2-18-7-3-4-11(18)9-17-13-6-5-10(15)8-12(13)14(16)19/h5-6,8,11,17H,2-4,7,9H2,1H3,(H2,16,19). The van der Waals surface area contributed by atoms with E-state index in [2.05, 4.69) is 33.1 Å². The van der Waals surface area contributed by atoms with E-state index in [1.807, 2.05) is 18.2 Å². The maximum atomic E-state index is 5.78. The largest absolute Gasteiger partial charge is 0.389 e. The number of hydrogen-bond acceptors (Lipinski definition) is 3. The summed E-state index contributed by atoms with van der Waals surface area (Å²) in [5.74, 6) is 0. The second-order valence-electron chi connectivity index (χ2n) is 4.86. The summed E-state index contributed by atoms with van der Waals surface area (Å²) in [7, 11) is 0. The Balaban J connectivity index is 2.05. The van der Waals surface area contributed by atoms with Gasteiger partial charge in [-0.2, -0.15) is 0 Å². The molecule has 0 bridgehead atoms. The minimum Gasteiger partial charge on any atom is -0.389 e. The SMILES string of the molecule is CCN1CCCC1CNc1ccc(Br)cc1C(N)=S. The fourth-order valence-corrected chi connectivity index (χ4v) is 3.17. The van der Waals surface area contributed by atoms with Gasteiger partial charge < -0.3 is 11.1 Å². The molecule has 1 aromatic carbocycles. The second kappa shape index (κ2) is 6.68. The Labute approximate surface area is 128 Å². The van der Waals surface area contributed by atoms with Crippen LogP contribution in [0.1, 0.15) is 25.3 Å². The van der Waals surface area contributed by atoms with Crippen molar-refractivity contribution in [2.75, 3.05) is 25.0 Å². The van der Waals surface area contributed by atoms with E-state index in [4.69, 9.17) is 18.0 Å².